The Kier molecular flexibility index (Phi) is 5.36. The van der Waals surface area contributed by atoms with Gasteiger partial charge in [-0.2, -0.15) is 5.26 Å². The number of alkyl halides is 1. The number of nitrogens with zero attached hydrogens (tertiary/aromatic N) is 1. The number of halogens is 1. The molecule has 0 spiro atoms. The van der Waals surface area contributed by atoms with Crippen LogP contribution in [0.25, 0.3) is 0 Å². The van der Waals surface area contributed by atoms with E-state index in [0.29, 0.717) is 24.2 Å². The molecule has 0 heterocycles. The molecule has 0 radical (unpaired) electrons. The molecule has 2 fully saturated rings. The Morgan fingerprint density at radius 2 is 2.16 bits per heavy atom. The van der Waals surface area contributed by atoms with Gasteiger partial charge in [0.05, 0.1) is 6.07 Å². The molecule has 0 N–H and O–H groups in total. The lowest BCUT2D eigenvalue weighted by Gasteiger charge is -2.58. The molecular formula is C21H30BrNO2. The minimum absolute atomic E-state index is 0.0553. The molecule has 2 saturated carbocycles. The van der Waals surface area contributed by atoms with E-state index in [4.69, 9.17) is 4.74 Å². The number of carbonyl (C=O) groups is 1. The first-order valence-corrected chi connectivity index (χ1v) is 10.8. The summed E-state index contributed by atoms with van der Waals surface area (Å²) in [4.78, 5) is 11.3. The van der Waals surface area contributed by atoms with Gasteiger partial charge in [0.1, 0.15) is 6.10 Å². The van der Waals surface area contributed by atoms with Gasteiger partial charge in [-0.25, -0.2) is 0 Å². The maximum atomic E-state index is 11.3. The van der Waals surface area contributed by atoms with E-state index < -0.39 is 0 Å². The minimum Gasteiger partial charge on any atom is -0.462 e. The summed E-state index contributed by atoms with van der Waals surface area (Å²) >= 11 is 3.73. The molecule has 3 rings (SSSR count). The smallest absolute Gasteiger partial charge is 0.302 e. The zero-order valence-corrected chi connectivity index (χ0v) is 17.3. The lowest BCUT2D eigenvalue weighted by Crippen LogP contribution is -2.51. The largest absolute Gasteiger partial charge is 0.462 e. The molecule has 3 aliphatic rings. The number of esters is 1. The minimum atomic E-state index is -0.164. The molecule has 6 atom stereocenters. The Morgan fingerprint density at radius 1 is 1.40 bits per heavy atom. The average Bonchev–Trinajstić information content (AvgIpc) is 2.57. The summed E-state index contributed by atoms with van der Waals surface area (Å²) in [5, 5.41) is 10.4. The summed E-state index contributed by atoms with van der Waals surface area (Å²) in [6.07, 6.45) is 9.65. The Bertz CT molecular complexity index is 610. The molecule has 3 aliphatic carbocycles. The maximum absolute atomic E-state index is 11.3. The number of rotatable bonds is 3. The van der Waals surface area contributed by atoms with Crippen molar-refractivity contribution in [2.75, 3.05) is 5.33 Å². The molecule has 3 nitrogen and oxygen atoms in total. The zero-order chi connectivity index (χ0) is 18.2. The van der Waals surface area contributed by atoms with Crippen molar-refractivity contribution in [1.82, 2.24) is 0 Å². The van der Waals surface area contributed by atoms with Gasteiger partial charge in [-0.3, -0.25) is 4.79 Å². The van der Waals surface area contributed by atoms with E-state index in [1.807, 2.05) is 0 Å². The summed E-state index contributed by atoms with van der Waals surface area (Å²) in [7, 11) is 0. The molecule has 0 aromatic rings. The number of nitriles is 1. The van der Waals surface area contributed by atoms with Crippen molar-refractivity contribution < 1.29 is 9.53 Å². The predicted octanol–water partition coefficient (Wildman–Crippen LogP) is 5.40. The van der Waals surface area contributed by atoms with E-state index >= 15 is 0 Å². The van der Waals surface area contributed by atoms with E-state index in [2.05, 4.69) is 41.9 Å². The summed E-state index contributed by atoms with van der Waals surface area (Å²) in [5.41, 5.74) is 1.96. The van der Waals surface area contributed by atoms with E-state index in [1.54, 1.807) is 0 Å². The van der Waals surface area contributed by atoms with Crippen molar-refractivity contribution in [1.29, 1.82) is 5.26 Å². The van der Waals surface area contributed by atoms with Crippen LogP contribution in [0.1, 0.15) is 65.7 Å². The quantitative estimate of drug-likeness (QED) is 0.357. The van der Waals surface area contributed by atoms with Crippen molar-refractivity contribution in [2.45, 2.75) is 71.8 Å². The van der Waals surface area contributed by atoms with Crippen LogP contribution in [0.5, 0.6) is 0 Å². The molecular weight excluding hydrogens is 378 g/mol. The molecule has 0 aromatic carbocycles. The first-order chi connectivity index (χ1) is 11.8. The van der Waals surface area contributed by atoms with Gasteiger partial charge >= 0.3 is 5.97 Å². The molecule has 25 heavy (non-hydrogen) atoms. The summed E-state index contributed by atoms with van der Waals surface area (Å²) in [6.45, 7) is 6.30. The fourth-order valence-electron chi connectivity index (χ4n) is 6.02. The van der Waals surface area contributed by atoms with Crippen LogP contribution in [0.2, 0.25) is 0 Å². The highest BCUT2D eigenvalue weighted by molar-refractivity contribution is 9.09. The van der Waals surface area contributed by atoms with Crippen LogP contribution in [0.4, 0.5) is 0 Å². The van der Waals surface area contributed by atoms with Crippen LogP contribution in [0.15, 0.2) is 11.6 Å². The Balaban J connectivity index is 1.86. The van der Waals surface area contributed by atoms with Crippen LogP contribution in [0.3, 0.4) is 0 Å². The Hall–Kier alpha value is -0.820. The predicted molar refractivity (Wildman–Crippen MR) is 102 cm³/mol. The van der Waals surface area contributed by atoms with Gasteiger partial charge in [-0.05, 0) is 60.7 Å². The normalized spacial score (nSPS) is 43.2. The van der Waals surface area contributed by atoms with Crippen LogP contribution in [-0.2, 0) is 9.53 Å². The number of carbonyl (C=O) groups excluding carboxylic acids is 1. The molecule has 4 heteroatoms. The second-order valence-corrected chi connectivity index (χ2v) is 9.48. The number of ether oxygens (including phenoxy) is 1. The lowest BCUT2D eigenvalue weighted by atomic mass is 9.47. The van der Waals surface area contributed by atoms with Crippen molar-refractivity contribution in [2.24, 2.45) is 28.6 Å². The van der Waals surface area contributed by atoms with Gasteiger partial charge in [0.15, 0.2) is 0 Å². The molecule has 0 saturated heterocycles. The van der Waals surface area contributed by atoms with Gasteiger partial charge in [0.2, 0.25) is 0 Å². The fraction of sp³-hybridized carbons (Fsp3) is 0.810. The first kappa shape index (κ1) is 19.0. The summed E-state index contributed by atoms with van der Waals surface area (Å²) < 4.78 is 5.50. The van der Waals surface area contributed by atoms with Crippen molar-refractivity contribution >= 4 is 21.9 Å². The highest BCUT2D eigenvalue weighted by Crippen LogP contribution is 2.62. The second kappa shape index (κ2) is 7.06. The average molecular weight is 408 g/mol. The molecule has 0 aromatic heterocycles. The third-order valence-electron chi connectivity index (χ3n) is 7.53. The van der Waals surface area contributed by atoms with Crippen LogP contribution < -0.4 is 0 Å². The van der Waals surface area contributed by atoms with Crippen LogP contribution in [0, 0.1) is 39.9 Å². The van der Waals surface area contributed by atoms with Crippen LogP contribution in [-0.4, -0.2) is 17.4 Å². The Morgan fingerprint density at radius 3 is 2.80 bits per heavy atom. The third kappa shape index (κ3) is 3.29. The van der Waals surface area contributed by atoms with Gasteiger partial charge in [-0.15, -0.1) is 0 Å². The number of allylic oxidation sites excluding steroid dienone is 1. The molecule has 0 aliphatic heterocycles. The third-order valence-corrected chi connectivity index (χ3v) is 8.81. The van der Waals surface area contributed by atoms with Gasteiger partial charge in [-0.1, -0.05) is 41.4 Å². The van der Waals surface area contributed by atoms with Gasteiger partial charge < -0.3 is 4.74 Å². The number of fused-ring (bicyclic) bond motifs is 3. The highest BCUT2D eigenvalue weighted by atomic mass is 79.9. The monoisotopic (exact) mass is 407 g/mol. The standard InChI is InChI=1S/C21H30BrNO2/c1-14(24)25-16-6-10-21(3)15(12-16)4-5-17-18(8-11-23)20(2,13-22)9-7-19(17)21/h4,16-19H,5-10,12-13H2,1-3H3/t16-,17-,18?,19-,20+,21-/m0/s1. The van der Waals surface area contributed by atoms with Gasteiger partial charge in [0, 0.05) is 25.1 Å². The van der Waals surface area contributed by atoms with E-state index in [0.717, 1.165) is 31.0 Å². The fourth-order valence-corrected chi connectivity index (χ4v) is 6.72. The van der Waals surface area contributed by atoms with Crippen molar-refractivity contribution in [3.8, 4) is 6.07 Å². The van der Waals surface area contributed by atoms with Crippen molar-refractivity contribution in [3.63, 3.8) is 0 Å². The molecule has 1 unspecified atom stereocenters. The Labute approximate surface area is 160 Å². The summed E-state index contributed by atoms with van der Waals surface area (Å²) in [5.74, 6) is 1.57. The molecule has 138 valence electrons. The van der Waals surface area contributed by atoms with E-state index in [-0.39, 0.29) is 22.9 Å². The van der Waals surface area contributed by atoms with E-state index in [9.17, 15) is 10.1 Å². The van der Waals surface area contributed by atoms with E-state index in [1.165, 1.54) is 25.3 Å². The number of hydrogen-bond donors (Lipinski definition) is 0. The first-order valence-electron chi connectivity index (χ1n) is 9.63. The van der Waals surface area contributed by atoms with Crippen LogP contribution >= 0.6 is 15.9 Å². The summed E-state index contributed by atoms with van der Waals surface area (Å²) in [6, 6.07) is 2.47. The highest BCUT2D eigenvalue weighted by Gasteiger charge is 2.54. The molecule has 0 amide bonds. The lowest BCUT2D eigenvalue weighted by molar-refractivity contribution is -0.148. The zero-order valence-electron chi connectivity index (χ0n) is 15.7. The number of hydrogen-bond acceptors (Lipinski definition) is 3. The maximum Gasteiger partial charge on any atom is 0.302 e. The van der Waals surface area contributed by atoms with Crippen molar-refractivity contribution in [3.05, 3.63) is 11.6 Å². The van der Waals surface area contributed by atoms with Gasteiger partial charge in [0.25, 0.3) is 0 Å². The topological polar surface area (TPSA) is 50.1 Å². The SMILES string of the molecule is CC(=O)O[C@H]1CC[C@@]2(C)C(=CC[C@H]3C(CC#N)[C@@](C)(CBr)CC[C@@H]32)C1. The second-order valence-electron chi connectivity index (χ2n) is 8.92. The molecule has 0 bridgehead atoms.